The van der Waals surface area contributed by atoms with Gasteiger partial charge in [-0.25, -0.2) is 0 Å². The summed E-state index contributed by atoms with van der Waals surface area (Å²) in [4.78, 5) is 25.3. The molecule has 0 bridgehead atoms. The highest BCUT2D eigenvalue weighted by atomic mass is 16.6. The first-order valence-corrected chi connectivity index (χ1v) is 8.60. The summed E-state index contributed by atoms with van der Waals surface area (Å²) in [6.45, 7) is 3.87. The molecule has 1 heterocycles. The van der Waals surface area contributed by atoms with E-state index < -0.39 is 22.5 Å². The third-order valence-electron chi connectivity index (χ3n) is 4.82. The van der Waals surface area contributed by atoms with Gasteiger partial charge in [0, 0.05) is 29.1 Å². The van der Waals surface area contributed by atoms with Gasteiger partial charge in [-0.2, -0.15) is 0 Å². The van der Waals surface area contributed by atoms with Crippen LogP contribution in [0.2, 0.25) is 0 Å². The fraction of sp³-hybridized carbons (Fsp3) is 0.316. The van der Waals surface area contributed by atoms with Crippen molar-refractivity contribution in [2.45, 2.75) is 32.5 Å². The largest absolute Gasteiger partial charge is 0.865 e. The van der Waals surface area contributed by atoms with E-state index >= 15 is 0 Å². The maximum absolute atomic E-state index is 13.1. The molecule has 0 saturated carbocycles. The second-order valence-corrected chi connectivity index (χ2v) is 6.39. The predicted molar refractivity (Wildman–Crippen MR) is 97.8 cm³/mol. The smallest absolute Gasteiger partial charge is 0.265 e. The minimum Gasteiger partial charge on any atom is -0.865 e. The van der Waals surface area contributed by atoms with Crippen LogP contribution in [0.1, 0.15) is 42.4 Å². The number of nitrogens with zero attached hydrogens (tertiary/aromatic N) is 2. The highest BCUT2D eigenvalue weighted by Gasteiger charge is 2.36. The van der Waals surface area contributed by atoms with E-state index in [1.807, 2.05) is 13.8 Å². The highest BCUT2D eigenvalue weighted by molar-refractivity contribution is 6.02. The van der Waals surface area contributed by atoms with Crippen molar-refractivity contribution < 1.29 is 19.6 Å². The second kappa shape index (κ2) is 7.14. The lowest BCUT2D eigenvalue weighted by Gasteiger charge is -2.41. The number of hydrogen-bond donors (Lipinski definition) is 1. The summed E-state index contributed by atoms with van der Waals surface area (Å²) in [6, 6.07) is 9.64. The standard InChI is InChI=1S/C19H21N3O5/c1-4-11(2)21-18(20-14-8-6-5-7-13(14)19(21)24)12-9-15(22(25)26)17(23)16(10-12)27-3/h5-11,18,20,23H,4H2,1-3H3/p-1/t11-,18-/m0/s1. The number of para-hydroxylation sites is 1. The number of rotatable bonds is 5. The zero-order valence-electron chi connectivity index (χ0n) is 15.3. The Kier molecular flexibility index (Phi) is 4.89. The Hall–Kier alpha value is -3.29. The molecule has 0 spiro atoms. The average Bonchev–Trinajstić information content (AvgIpc) is 2.67. The molecule has 2 aromatic rings. The molecule has 0 aromatic heterocycles. The zero-order valence-corrected chi connectivity index (χ0v) is 15.3. The van der Waals surface area contributed by atoms with Crippen LogP contribution in [0, 0.1) is 10.1 Å². The van der Waals surface area contributed by atoms with E-state index in [4.69, 9.17) is 4.74 Å². The van der Waals surface area contributed by atoms with Crippen LogP contribution in [0.3, 0.4) is 0 Å². The van der Waals surface area contributed by atoms with E-state index in [0.29, 0.717) is 23.2 Å². The lowest BCUT2D eigenvalue weighted by molar-refractivity contribution is -0.398. The molecule has 1 aliphatic rings. The molecule has 142 valence electrons. The molecule has 3 rings (SSSR count). The number of fused-ring (bicyclic) bond motifs is 1. The fourth-order valence-electron chi connectivity index (χ4n) is 3.22. The van der Waals surface area contributed by atoms with E-state index in [-0.39, 0.29) is 17.7 Å². The molecule has 2 aromatic carbocycles. The summed E-state index contributed by atoms with van der Waals surface area (Å²) in [5, 5.41) is 26.7. The summed E-state index contributed by atoms with van der Waals surface area (Å²) in [6.07, 6.45) is 0.0425. The van der Waals surface area contributed by atoms with E-state index in [2.05, 4.69) is 5.32 Å². The Morgan fingerprint density at radius 3 is 2.67 bits per heavy atom. The molecule has 27 heavy (non-hydrogen) atoms. The van der Waals surface area contributed by atoms with Gasteiger partial charge < -0.3 is 20.1 Å². The topological polar surface area (TPSA) is 108 Å². The molecule has 8 heteroatoms. The van der Waals surface area contributed by atoms with Crippen LogP contribution < -0.4 is 15.2 Å². The van der Waals surface area contributed by atoms with Crippen molar-refractivity contribution in [3.63, 3.8) is 0 Å². The fourth-order valence-corrected chi connectivity index (χ4v) is 3.22. The quantitative estimate of drug-likeness (QED) is 0.640. The molecule has 2 atom stereocenters. The van der Waals surface area contributed by atoms with Gasteiger partial charge in [-0.3, -0.25) is 14.9 Å². The van der Waals surface area contributed by atoms with Crippen molar-refractivity contribution in [2.24, 2.45) is 0 Å². The molecule has 0 aliphatic carbocycles. The number of methoxy groups -OCH3 is 1. The number of anilines is 1. The summed E-state index contributed by atoms with van der Waals surface area (Å²) in [5.74, 6) is -1.09. The van der Waals surface area contributed by atoms with Gasteiger partial charge in [-0.05, 0) is 31.5 Å². The Morgan fingerprint density at radius 1 is 1.33 bits per heavy atom. The monoisotopic (exact) mass is 370 g/mol. The summed E-state index contributed by atoms with van der Waals surface area (Å²) in [5.41, 5.74) is 1.01. The van der Waals surface area contributed by atoms with Gasteiger partial charge in [0.25, 0.3) is 11.6 Å². The van der Waals surface area contributed by atoms with E-state index in [9.17, 15) is 20.0 Å². The van der Waals surface area contributed by atoms with Crippen LogP contribution in [0.15, 0.2) is 36.4 Å². The van der Waals surface area contributed by atoms with Crippen molar-refractivity contribution in [1.29, 1.82) is 0 Å². The molecule has 0 fully saturated rings. The van der Waals surface area contributed by atoms with Crippen molar-refractivity contribution >= 4 is 17.3 Å². The number of ether oxygens (including phenoxy) is 1. The van der Waals surface area contributed by atoms with Gasteiger partial charge in [-0.1, -0.05) is 19.1 Å². The normalized spacial score (nSPS) is 17.1. The molecule has 1 amide bonds. The molecule has 0 radical (unpaired) electrons. The predicted octanol–water partition coefficient (Wildman–Crippen LogP) is 3.04. The van der Waals surface area contributed by atoms with Crippen molar-refractivity contribution in [2.75, 3.05) is 12.4 Å². The summed E-state index contributed by atoms with van der Waals surface area (Å²) in [7, 11) is 1.28. The minimum atomic E-state index is -0.788. The SMILES string of the molecule is CC[C@H](C)N1C(=O)c2ccccc2N[C@@H]1c1cc(OC)c([O-])c([N+](=O)[O-])c1. The van der Waals surface area contributed by atoms with Crippen molar-refractivity contribution in [3.05, 3.63) is 57.6 Å². The Balaban J connectivity index is 2.17. The van der Waals surface area contributed by atoms with Gasteiger partial charge in [0.15, 0.2) is 0 Å². The van der Waals surface area contributed by atoms with Gasteiger partial charge in [0.2, 0.25) is 0 Å². The lowest BCUT2D eigenvalue weighted by atomic mass is 10.00. The first-order valence-electron chi connectivity index (χ1n) is 8.60. The average molecular weight is 370 g/mol. The summed E-state index contributed by atoms with van der Waals surface area (Å²) >= 11 is 0. The molecule has 8 nitrogen and oxygen atoms in total. The number of carbonyl (C=O) groups excluding carboxylic acids is 1. The number of carbonyl (C=O) groups is 1. The molecular formula is C19H20N3O5-. The Bertz CT molecular complexity index is 899. The number of nitro benzene ring substituents is 1. The Labute approximate surface area is 156 Å². The van der Waals surface area contributed by atoms with Gasteiger partial charge in [-0.15, -0.1) is 0 Å². The maximum Gasteiger partial charge on any atom is 0.265 e. The van der Waals surface area contributed by atoms with Crippen LogP contribution in [-0.4, -0.2) is 28.9 Å². The van der Waals surface area contributed by atoms with Crippen LogP contribution in [-0.2, 0) is 0 Å². The van der Waals surface area contributed by atoms with Crippen LogP contribution in [0.4, 0.5) is 11.4 Å². The second-order valence-electron chi connectivity index (χ2n) is 6.39. The van der Waals surface area contributed by atoms with Crippen molar-refractivity contribution in [3.8, 4) is 11.5 Å². The number of nitro groups is 1. The molecule has 0 saturated heterocycles. The third kappa shape index (κ3) is 3.14. The van der Waals surface area contributed by atoms with Gasteiger partial charge in [0.1, 0.15) is 11.9 Å². The zero-order chi connectivity index (χ0) is 19.7. The van der Waals surface area contributed by atoms with Gasteiger partial charge in [0.05, 0.1) is 17.6 Å². The first-order chi connectivity index (χ1) is 12.9. The van der Waals surface area contributed by atoms with Crippen LogP contribution >= 0.6 is 0 Å². The van der Waals surface area contributed by atoms with E-state index in [1.165, 1.54) is 19.2 Å². The van der Waals surface area contributed by atoms with Gasteiger partial charge >= 0.3 is 0 Å². The summed E-state index contributed by atoms with van der Waals surface area (Å²) < 4.78 is 5.04. The molecular weight excluding hydrogens is 350 g/mol. The molecule has 1 aliphatic heterocycles. The van der Waals surface area contributed by atoms with E-state index in [1.54, 1.807) is 29.2 Å². The van der Waals surface area contributed by atoms with Crippen molar-refractivity contribution in [1.82, 2.24) is 4.90 Å². The number of nitrogens with one attached hydrogen (secondary N) is 1. The molecule has 0 unspecified atom stereocenters. The minimum absolute atomic E-state index is 0.125. The lowest BCUT2D eigenvalue weighted by Crippen LogP contribution is -2.47. The number of hydrogen-bond acceptors (Lipinski definition) is 6. The highest BCUT2D eigenvalue weighted by Crippen LogP contribution is 2.41. The Morgan fingerprint density at radius 2 is 2.04 bits per heavy atom. The first kappa shape index (κ1) is 18.5. The molecule has 1 N–H and O–H groups in total. The number of benzene rings is 2. The maximum atomic E-state index is 13.1. The van der Waals surface area contributed by atoms with Crippen LogP contribution in [0.5, 0.6) is 11.5 Å². The van der Waals surface area contributed by atoms with Crippen LogP contribution in [0.25, 0.3) is 0 Å². The third-order valence-corrected chi connectivity index (χ3v) is 4.82. The van der Waals surface area contributed by atoms with E-state index in [0.717, 1.165) is 0 Å². The number of amides is 1.